The Balaban J connectivity index is 1.47. The number of nitrogens with zero attached hydrogens (tertiary/aromatic N) is 2. The largest absolute Gasteiger partial charge is 0.438 e. The predicted octanol–water partition coefficient (Wildman–Crippen LogP) is 1.76. The minimum absolute atomic E-state index is 0.147. The zero-order valence-corrected chi connectivity index (χ0v) is 15.8. The highest BCUT2D eigenvalue weighted by Crippen LogP contribution is 2.35. The molecule has 0 unspecified atom stereocenters. The van der Waals surface area contributed by atoms with Crippen LogP contribution in [0.4, 0.5) is 0 Å². The quantitative estimate of drug-likeness (QED) is 0.859. The summed E-state index contributed by atoms with van der Waals surface area (Å²) in [6, 6.07) is 11.5. The number of hydrogen-bond acceptors (Lipinski definition) is 5. The minimum atomic E-state index is -3.76. The molecule has 2 aliphatic rings. The lowest BCUT2D eigenvalue weighted by atomic mass is 9.86. The number of carbonyl (C=O) groups excluding carboxylic acids is 1. The van der Waals surface area contributed by atoms with E-state index < -0.39 is 15.9 Å². The van der Waals surface area contributed by atoms with Crippen LogP contribution in [-0.4, -0.2) is 49.7 Å². The van der Waals surface area contributed by atoms with Crippen molar-refractivity contribution in [3.8, 4) is 0 Å². The number of aryl methyl sites for hydroxylation is 1. The topological polar surface area (TPSA) is 96.8 Å². The molecule has 1 aromatic heterocycles. The lowest BCUT2D eigenvalue weighted by Gasteiger charge is -2.40. The van der Waals surface area contributed by atoms with Gasteiger partial charge >= 0.3 is 0 Å². The van der Waals surface area contributed by atoms with Crippen LogP contribution in [0.1, 0.15) is 40.6 Å². The highest BCUT2D eigenvalue weighted by molar-refractivity contribution is 7.89. The van der Waals surface area contributed by atoms with E-state index in [2.05, 4.69) is 29.2 Å². The highest BCUT2D eigenvalue weighted by Gasteiger charge is 2.34. The number of carbonyl (C=O) groups is 1. The lowest BCUT2D eigenvalue weighted by Crippen LogP contribution is -2.49. The van der Waals surface area contributed by atoms with Crippen molar-refractivity contribution in [2.24, 2.45) is 5.73 Å². The van der Waals surface area contributed by atoms with Gasteiger partial charge in [-0.05, 0) is 42.5 Å². The second kappa shape index (κ2) is 7.10. The third-order valence-corrected chi connectivity index (χ3v) is 7.24. The molecule has 144 valence electrons. The van der Waals surface area contributed by atoms with Crippen LogP contribution in [0.25, 0.3) is 0 Å². The van der Waals surface area contributed by atoms with E-state index in [1.807, 2.05) is 0 Å². The Bertz CT molecular complexity index is 945. The Morgan fingerprint density at radius 1 is 1.07 bits per heavy atom. The van der Waals surface area contributed by atoms with Crippen molar-refractivity contribution >= 4 is 15.9 Å². The first-order valence-electron chi connectivity index (χ1n) is 9.18. The number of furan rings is 1. The second-order valence-electron chi connectivity index (χ2n) is 7.03. The summed E-state index contributed by atoms with van der Waals surface area (Å²) in [5.74, 6) is -0.928. The van der Waals surface area contributed by atoms with Crippen LogP contribution in [0.2, 0.25) is 0 Å². The standard InChI is InChI=1S/C19H23N3O4S/c20-19(23)17-8-9-18(26-17)27(24,25)22-12-10-21(11-13-22)16-7-3-5-14-4-1-2-6-15(14)16/h1-2,4,6,8-9,16H,3,5,7,10-13H2,(H2,20,23)/t16-/m0/s1. The van der Waals surface area contributed by atoms with Gasteiger partial charge in [0.15, 0.2) is 5.76 Å². The SMILES string of the molecule is NC(=O)c1ccc(S(=O)(=O)N2CCN([C@H]3CCCc4ccccc43)CC2)o1. The molecular formula is C19H23N3O4S. The first-order valence-corrected chi connectivity index (χ1v) is 10.6. The lowest BCUT2D eigenvalue weighted by molar-refractivity contribution is 0.0967. The van der Waals surface area contributed by atoms with E-state index in [1.54, 1.807) is 0 Å². The Hall–Kier alpha value is -2.16. The average molecular weight is 389 g/mol. The van der Waals surface area contributed by atoms with Gasteiger partial charge in [-0.25, -0.2) is 8.42 Å². The van der Waals surface area contributed by atoms with Crippen molar-refractivity contribution in [1.29, 1.82) is 0 Å². The summed E-state index contributed by atoms with van der Waals surface area (Å²) in [6.07, 6.45) is 3.37. The molecule has 7 nitrogen and oxygen atoms in total. The summed E-state index contributed by atoms with van der Waals surface area (Å²) >= 11 is 0. The monoisotopic (exact) mass is 389 g/mol. The van der Waals surface area contributed by atoms with Gasteiger partial charge in [0.2, 0.25) is 5.09 Å². The first kappa shape index (κ1) is 18.2. The smallest absolute Gasteiger partial charge is 0.284 e. The van der Waals surface area contributed by atoms with Crippen LogP contribution in [0.15, 0.2) is 45.9 Å². The first-order chi connectivity index (χ1) is 13.0. The van der Waals surface area contributed by atoms with Crippen LogP contribution in [0.3, 0.4) is 0 Å². The number of primary amides is 1. The number of nitrogens with two attached hydrogens (primary N) is 1. The average Bonchev–Trinajstić information content (AvgIpc) is 3.19. The maximum atomic E-state index is 12.8. The summed E-state index contributed by atoms with van der Waals surface area (Å²) in [5.41, 5.74) is 7.91. The van der Waals surface area contributed by atoms with Crippen LogP contribution >= 0.6 is 0 Å². The number of benzene rings is 1. The van der Waals surface area contributed by atoms with Crippen molar-refractivity contribution < 1.29 is 17.6 Å². The van der Waals surface area contributed by atoms with Crippen LogP contribution in [-0.2, 0) is 16.4 Å². The van der Waals surface area contributed by atoms with Gasteiger partial charge in [0.05, 0.1) is 0 Å². The molecular weight excluding hydrogens is 366 g/mol. The van der Waals surface area contributed by atoms with E-state index in [-0.39, 0.29) is 10.9 Å². The molecule has 0 spiro atoms. The molecule has 0 saturated carbocycles. The number of sulfonamides is 1. The van der Waals surface area contributed by atoms with Crippen molar-refractivity contribution in [2.45, 2.75) is 30.4 Å². The van der Waals surface area contributed by atoms with Gasteiger partial charge in [-0.3, -0.25) is 9.69 Å². The number of amides is 1. The third kappa shape index (κ3) is 3.40. The van der Waals surface area contributed by atoms with Gasteiger partial charge in [-0.15, -0.1) is 0 Å². The molecule has 2 aromatic rings. The van der Waals surface area contributed by atoms with E-state index in [0.717, 1.165) is 19.3 Å². The summed E-state index contributed by atoms with van der Waals surface area (Å²) in [4.78, 5) is 13.5. The molecule has 1 amide bonds. The zero-order valence-electron chi connectivity index (χ0n) is 15.0. The molecule has 1 aromatic carbocycles. The van der Waals surface area contributed by atoms with Crippen LogP contribution < -0.4 is 5.73 Å². The van der Waals surface area contributed by atoms with E-state index in [9.17, 15) is 13.2 Å². The Labute approximate surface area is 158 Å². The van der Waals surface area contributed by atoms with Crippen molar-refractivity contribution in [1.82, 2.24) is 9.21 Å². The molecule has 8 heteroatoms. The minimum Gasteiger partial charge on any atom is -0.438 e. The fourth-order valence-corrected chi connectivity index (χ4v) is 5.42. The van der Waals surface area contributed by atoms with Crippen molar-refractivity contribution in [2.75, 3.05) is 26.2 Å². The molecule has 1 saturated heterocycles. The normalized spacial score (nSPS) is 21.7. The third-order valence-electron chi connectivity index (χ3n) is 5.47. The van der Waals surface area contributed by atoms with Crippen LogP contribution in [0.5, 0.6) is 0 Å². The van der Waals surface area contributed by atoms with Gasteiger partial charge in [0, 0.05) is 32.2 Å². The van der Waals surface area contributed by atoms with Gasteiger partial charge < -0.3 is 10.2 Å². The molecule has 0 bridgehead atoms. The molecule has 2 N–H and O–H groups in total. The summed E-state index contributed by atoms with van der Waals surface area (Å²) in [7, 11) is -3.76. The second-order valence-corrected chi connectivity index (χ2v) is 8.90. The van der Waals surface area contributed by atoms with E-state index in [1.165, 1.54) is 27.6 Å². The maximum absolute atomic E-state index is 12.8. The molecule has 4 rings (SSSR count). The molecule has 1 aliphatic heterocycles. The molecule has 1 atom stereocenters. The fourth-order valence-electron chi connectivity index (χ4n) is 4.08. The van der Waals surface area contributed by atoms with Gasteiger partial charge in [-0.2, -0.15) is 4.31 Å². The predicted molar refractivity (Wildman–Crippen MR) is 99.7 cm³/mol. The molecule has 27 heavy (non-hydrogen) atoms. The Morgan fingerprint density at radius 3 is 2.52 bits per heavy atom. The summed E-state index contributed by atoms with van der Waals surface area (Å²) in [6.45, 7) is 2.13. The van der Waals surface area contributed by atoms with Gasteiger partial charge in [-0.1, -0.05) is 24.3 Å². The maximum Gasteiger partial charge on any atom is 0.284 e. The Morgan fingerprint density at radius 2 is 1.81 bits per heavy atom. The van der Waals surface area contributed by atoms with Crippen molar-refractivity contribution in [3.05, 3.63) is 53.3 Å². The zero-order chi connectivity index (χ0) is 19.0. The summed E-state index contributed by atoms with van der Waals surface area (Å²) < 4.78 is 32.1. The van der Waals surface area contributed by atoms with E-state index in [4.69, 9.17) is 10.2 Å². The molecule has 1 fully saturated rings. The molecule has 0 radical (unpaired) electrons. The highest BCUT2D eigenvalue weighted by atomic mass is 32.2. The summed E-state index contributed by atoms with van der Waals surface area (Å²) in [5, 5.41) is -0.229. The molecule has 1 aliphatic carbocycles. The van der Waals surface area contributed by atoms with E-state index >= 15 is 0 Å². The fraction of sp³-hybridized carbons (Fsp3) is 0.421. The van der Waals surface area contributed by atoms with Gasteiger partial charge in [0.25, 0.3) is 15.9 Å². The van der Waals surface area contributed by atoms with Crippen LogP contribution in [0, 0.1) is 0 Å². The van der Waals surface area contributed by atoms with Gasteiger partial charge in [0.1, 0.15) is 0 Å². The van der Waals surface area contributed by atoms with Crippen molar-refractivity contribution in [3.63, 3.8) is 0 Å². The molecule has 2 heterocycles. The Kier molecular flexibility index (Phi) is 4.79. The number of fused-ring (bicyclic) bond motifs is 1. The van der Waals surface area contributed by atoms with E-state index in [0.29, 0.717) is 32.2 Å². The number of rotatable bonds is 4. The number of hydrogen-bond donors (Lipinski definition) is 1. The number of piperazine rings is 1.